The van der Waals surface area contributed by atoms with Crippen molar-refractivity contribution in [2.45, 2.75) is 38.9 Å². The largest absolute Gasteiger partial charge is 0.480 e. The third-order valence-corrected chi connectivity index (χ3v) is 5.26. The number of nitrogens with zero attached hydrogens (tertiary/aromatic N) is 2. The Morgan fingerprint density at radius 2 is 1.86 bits per heavy atom. The summed E-state index contributed by atoms with van der Waals surface area (Å²) in [6.45, 7) is 2.49. The standard InChI is InChI=1S/C17H19N3O3.C6H4/c1-11(21)16-19-14-10-18-13(17(22)23)9-15(14)20(16)8-7-12-5-3-2-4-6-12;1-2-5-4-6(5)3-1/h2-6,13,18H,7-10H2,1H3,(H,22,23);1-4H. The van der Waals surface area contributed by atoms with Crippen LogP contribution in [0.3, 0.4) is 0 Å². The molecule has 1 unspecified atom stereocenters. The van der Waals surface area contributed by atoms with Gasteiger partial charge in [0.15, 0.2) is 11.6 Å². The van der Waals surface area contributed by atoms with Gasteiger partial charge < -0.3 is 9.67 Å². The fourth-order valence-corrected chi connectivity index (χ4v) is 3.64. The molecule has 0 fully saturated rings. The second-order valence-electron chi connectivity index (χ2n) is 7.33. The number of hydrogen-bond donors (Lipinski definition) is 2. The molecule has 0 bridgehead atoms. The summed E-state index contributed by atoms with van der Waals surface area (Å²) in [7, 11) is 0. The Labute approximate surface area is 169 Å². The molecule has 2 heterocycles. The first-order chi connectivity index (χ1) is 14.0. The highest BCUT2D eigenvalue weighted by Gasteiger charge is 2.29. The summed E-state index contributed by atoms with van der Waals surface area (Å²) >= 11 is 0. The normalized spacial score (nSPS) is 15.7. The molecule has 2 aromatic rings. The minimum absolute atomic E-state index is 0.0978. The van der Waals surface area contributed by atoms with Gasteiger partial charge in [0.2, 0.25) is 0 Å². The van der Waals surface area contributed by atoms with E-state index in [2.05, 4.69) is 34.6 Å². The maximum Gasteiger partial charge on any atom is 0.321 e. The minimum atomic E-state index is -0.879. The number of carbonyl (C=O) groups is 2. The second kappa shape index (κ2) is 8.01. The number of hydrogen-bond acceptors (Lipinski definition) is 4. The van der Waals surface area contributed by atoms with E-state index < -0.39 is 12.0 Å². The molecule has 1 aromatic heterocycles. The van der Waals surface area contributed by atoms with E-state index in [0.29, 0.717) is 25.3 Å². The number of fused-ring (bicyclic) bond motifs is 2. The molecular weight excluding hydrogens is 366 g/mol. The maximum atomic E-state index is 11.9. The molecule has 6 heteroatoms. The number of aromatic nitrogens is 2. The Bertz CT molecular complexity index is 1040. The number of nitrogens with one attached hydrogen (secondary N) is 1. The molecule has 0 radical (unpaired) electrons. The number of benzene rings is 2. The lowest BCUT2D eigenvalue weighted by Crippen LogP contribution is -2.42. The highest BCUT2D eigenvalue weighted by Crippen LogP contribution is 2.32. The molecule has 0 spiro atoms. The molecule has 29 heavy (non-hydrogen) atoms. The van der Waals surface area contributed by atoms with Gasteiger partial charge in [-0.25, -0.2) is 4.98 Å². The highest BCUT2D eigenvalue weighted by atomic mass is 16.4. The zero-order valence-corrected chi connectivity index (χ0v) is 16.3. The topological polar surface area (TPSA) is 84.2 Å². The van der Waals surface area contributed by atoms with Crippen LogP contribution in [0.2, 0.25) is 0 Å². The molecular formula is C23H23N3O3. The van der Waals surface area contributed by atoms with E-state index >= 15 is 0 Å². The molecule has 2 N–H and O–H groups in total. The summed E-state index contributed by atoms with van der Waals surface area (Å²) in [6, 6.07) is 17.9. The van der Waals surface area contributed by atoms with Gasteiger partial charge in [0, 0.05) is 32.1 Å². The number of aryl methyl sites for hydroxylation is 1. The van der Waals surface area contributed by atoms with Gasteiger partial charge in [0.1, 0.15) is 6.04 Å². The van der Waals surface area contributed by atoms with Gasteiger partial charge in [-0.3, -0.25) is 14.9 Å². The number of imidazole rings is 1. The number of rotatable bonds is 5. The molecule has 3 aliphatic rings. The molecule has 5 rings (SSSR count). The van der Waals surface area contributed by atoms with E-state index in [0.717, 1.165) is 17.8 Å². The zero-order valence-electron chi connectivity index (χ0n) is 16.3. The summed E-state index contributed by atoms with van der Waals surface area (Å²) in [5.74, 6) is -0.561. The molecule has 148 valence electrons. The monoisotopic (exact) mass is 389 g/mol. The van der Waals surface area contributed by atoms with E-state index in [1.54, 1.807) is 0 Å². The number of carboxylic acid groups (broad SMARTS) is 1. The first kappa shape index (κ1) is 19.1. The van der Waals surface area contributed by atoms with Gasteiger partial charge in [0.05, 0.1) is 5.69 Å². The summed E-state index contributed by atoms with van der Waals surface area (Å²) in [5.41, 5.74) is 5.66. The van der Waals surface area contributed by atoms with Gasteiger partial charge in [-0.1, -0.05) is 48.5 Å². The molecule has 1 aliphatic heterocycles. The Morgan fingerprint density at radius 1 is 1.14 bits per heavy atom. The predicted molar refractivity (Wildman–Crippen MR) is 110 cm³/mol. The lowest BCUT2D eigenvalue weighted by molar-refractivity contribution is -0.139. The van der Waals surface area contributed by atoms with E-state index in [1.807, 2.05) is 34.9 Å². The third kappa shape index (κ3) is 4.27. The molecule has 2 aliphatic carbocycles. The van der Waals surface area contributed by atoms with Crippen molar-refractivity contribution >= 4 is 11.8 Å². The first-order valence-electron chi connectivity index (χ1n) is 9.72. The van der Waals surface area contributed by atoms with Crippen LogP contribution in [0.4, 0.5) is 0 Å². The van der Waals surface area contributed by atoms with Crippen LogP contribution in [0, 0.1) is 0 Å². The Morgan fingerprint density at radius 3 is 2.41 bits per heavy atom. The third-order valence-electron chi connectivity index (χ3n) is 5.26. The smallest absolute Gasteiger partial charge is 0.321 e. The number of carbonyl (C=O) groups excluding carboxylic acids is 1. The fourth-order valence-electron chi connectivity index (χ4n) is 3.64. The Balaban J connectivity index is 0.000000286. The van der Waals surface area contributed by atoms with Crippen molar-refractivity contribution in [2.75, 3.05) is 0 Å². The highest BCUT2D eigenvalue weighted by molar-refractivity contribution is 5.91. The lowest BCUT2D eigenvalue weighted by atomic mass is 10.0. The molecule has 1 atom stereocenters. The van der Waals surface area contributed by atoms with Gasteiger partial charge in [-0.05, 0) is 29.2 Å². The maximum absolute atomic E-state index is 11.9. The van der Waals surface area contributed by atoms with E-state index in [-0.39, 0.29) is 5.78 Å². The van der Waals surface area contributed by atoms with Crippen LogP contribution in [-0.2, 0) is 30.7 Å². The van der Waals surface area contributed by atoms with Crippen LogP contribution in [0.15, 0.2) is 54.6 Å². The second-order valence-corrected chi connectivity index (χ2v) is 7.33. The van der Waals surface area contributed by atoms with Crippen molar-refractivity contribution in [3.05, 3.63) is 77.4 Å². The van der Waals surface area contributed by atoms with E-state index in [1.165, 1.54) is 23.6 Å². The van der Waals surface area contributed by atoms with Gasteiger partial charge >= 0.3 is 5.97 Å². The quantitative estimate of drug-likeness (QED) is 0.513. The van der Waals surface area contributed by atoms with E-state index in [4.69, 9.17) is 0 Å². The molecule has 0 saturated carbocycles. The molecule has 0 saturated heterocycles. The summed E-state index contributed by atoms with van der Waals surface area (Å²) in [4.78, 5) is 27.5. The average molecular weight is 389 g/mol. The number of aliphatic carboxylic acids is 1. The fraction of sp³-hybridized carbons (Fsp3) is 0.261. The average Bonchev–Trinajstić information content (AvgIpc) is 3.15. The number of Topliss-reactive ketones (excluding diaryl/α,β-unsaturated/α-hetero) is 1. The molecule has 6 nitrogen and oxygen atoms in total. The van der Waals surface area contributed by atoms with E-state index in [9.17, 15) is 14.7 Å². The molecule has 0 amide bonds. The zero-order chi connectivity index (χ0) is 20.4. The number of carboxylic acids is 1. The van der Waals surface area contributed by atoms with Crippen LogP contribution >= 0.6 is 0 Å². The van der Waals surface area contributed by atoms with Crippen molar-refractivity contribution in [1.29, 1.82) is 0 Å². The van der Waals surface area contributed by atoms with Crippen molar-refractivity contribution in [3.63, 3.8) is 0 Å². The molecule has 1 aromatic carbocycles. The van der Waals surface area contributed by atoms with Crippen LogP contribution in [0.25, 0.3) is 11.1 Å². The van der Waals surface area contributed by atoms with Crippen LogP contribution in [0.1, 0.15) is 34.5 Å². The van der Waals surface area contributed by atoms with Crippen molar-refractivity contribution in [1.82, 2.24) is 14.9 Å². The van der Waals surface area contributed by atoms with Gasteiger partial charge in [-0.15, -0.1) is 0 Å². The van der Waals surface area contributed by atoms with Crippen LogP contribution < -0.4 is 5.32 Å². The Hall–Kier alpha value is -3.25. The Kier molecular flexibility index (Phi) is 5.27. The SMILES string of the molecule is CC(=O)c1nc2c(n1CCc1ccccc1)CC(C(=O)O)NC2.c1cc2cc-2c1. The summed E-state index contributed by atoms with van der Waals surface area (Å²) in [5, 5.41) is 12.2. The summed E-state index contributed by atoms with van der Waals surface area (Å²) < 4.78 is 1.89. The van der Waals surface area contributed by atoms with Crippen molar-refractivity contribution < 1.29 is 14.7 Å². The van der Waals surface area contributed by atoms with Crippen LogP contribution in [0.5, 0.6) is 0 Å². The van der Waals surface area contributed by atoms with Gasteiger partial charge in [0.25, 0.3) is 0 Å². The minimum Gasteiger partial charge on any atom is -0.480 e. The summed E-state index contributed by atoms with van der Waals surface area (Å²) in [6.07, 6.45) is 1.12. The van der Waals surface area contributed by atoms with Gasteiger partial charge in [-0.2, -0.15) is 0 Å². The number of ketones is 1. The first-order valence-corrected chi connectivity index (χ1v) is 9.72. The lowest BCUT2D eigenvalue weighted by Gasteiger charge is -2.21. The predicted octanol–water partition coefficient (Wildman–Crippen LogP) is 3.09. The van der Waals surface area contributed by atoms with Crippen LogP contribution in [-0.4, -0.2) is 32.5 Å². The van der Waals surface area contributed by atoms with Crippen molar-refractivity contribution in [3.8, 4) is 11.1 Å². The van der Waals surface area contributed by atoms with Crippen molar-refractivity contribution in [2.24, 2.45) is 0 Å².